The first kappa shape index (κ1) is 11.7. The summed E-state index contributed by atoms with van der Waals surface area (Å²) in [6.07, 6.45) is 1.25. The van der Waals surface area contributed by atoms with Gasteiger partial charge in [-0.15, -0.1) is 0 Å². The fourth-order valence-corrected chi connectivity index (χ4v) is 1.50. The molecule has 1 rings (SSSR count). The Hall–Kier alpha value is -1.35. The van der Waals surface area contributed by atoms with Crippen molar-refractivity contribution in [2.45, 2.75) is 19.8 Å². The van der Waals surface area contributed by atoms with Crippen LogP contribution in [0.4, 0.5) is 0 Å². The number of carbonyl (C=O) groups is 1. The van der Waals surface area contributed by atoms with E-state index in [1.807, 2.05) is 19.1 Å². The minimum Gasteiger partial charge on any atom is -0.496 e. The molecule has 0 radical (unpaired) electrons. The zero-order valence-electron chi connectivity index (χ0n) is 9.25. The maximum atomic E-state index is 11.6. The number of aryl methyl sites for hydroxylation is 1. The van der Waals surface area contributed by atoms with Gasteiger partial charge in [-0.05, 0) is 36.7 Å². The summed E-state index contributed by atoms with van der Waals surface area (Å²) in [5.41, 5.74) is 7.12. The van der Waals surface area contributed by atoms with Crippen molar-refractivity contribution in [3.8, 4) is 5.75 Å². The molecule has 82 valence electrons. The lowest BCUT2D eigenvalue weighted by atomic mass is 10.0. The number of hydrogen-bond donors (Lipinski definition) is 1. The molecule has 0 unspecified atom stereocenters. The van der Waals surface area contributed by atoms with Gasteiger partial charge >= 0.3 is 0 Å². The normalized spacial score (nSPS) is 10.1. The Morgan fingerprint density at radius 2 is 2.20 bits per heavy atom. The molecule has 2 N–H and O–H groups in total. The van der Waals surface area contributed by atoms with Gasteiger partial charge in [0.05, 0.1) is 7.11 Å². The summed E-state index contributed by atoms with van der Waals surface area (Å²) in [5.74, 6) is 0.927. The van der Waals surface area contributed by atoms with Gasteiger partial charge in [0.2, 0.25) is 0 Å². The Kier molecular flexibility index (Phi) is 4.31. The van der Waals surface area contributed by atoms with Crippen LogP contribution < -0.4 is 10.5 Å². The first-order valence-corrected chi connectivity index (χ1v) is 5.13. The predicted octanol–water partition coefficient (Wildman–Crippen LogP) is 1.79. The zero-order valence-corrected chi connectivity index (χ0v) is 9.25. The van der Waals surface area contributed by atoms with E-state index >= 15 is 0 Å². The molecule has 0 aliphatic rings. The van der Waals surface area contributed by atoms with E-state index in [-0.39, 0.29) is 5.78 Å². The molecule has 1 aromatic carbocycles. The molecule has 0 amide bonds. The zero-order chi connectivity index (χ0) is 11.3. The molecule has 0 spiro atoms. The Labute approximate surface area is 90.2 Å². The topological polar surface area (TPSA) is 52.3 Å². The van der Waals surface area contributed by atoms with Gasteiger partial charge in [-0.3, -0.25) is 4.79 Å². The van der Waals surface area contributed by atoms with Gasteiger partial charge in [0.1, 0.15) is 5.75 Å². The fourth-order valence-electron chi connectivity index (χ4n) is 1.50. The lowest BCUT2D eigenvalue weighted by Gasteiger charge is -2.08. The maximum Gasteiger partial charge on any atom is 0.164 e. The quantitative estimate of drug-likeness (QED) is 0.749. The van der Waals surface area contributed by atoms with Crippen LogP contribution in [0.2, 0.25) is 0 Å². The van der Waals surface area contributed by atoms with Crippen molar-refractivity contribution in [3.05, 3.63) is 29.3 Å². The van der Waals surface area contributed by atoms with Crippen LogP contribution in [0.3, 0.4) is 0 Å². The number of methoxy groups -OCH3 is 1. The third kappa shape index (κ3) is 2.80. The number of nitrogens with two attached hydrogens (primary N) is 1. The summed E-state index contributed by atoms with van der Waals surface area (Å²) in [4.78, 5) is 11.6. The van der Waals surface area contributed by atoms with Crippen molar-refractivity contribution in [2.75, 3.05) is 13.7 Å². The summed E-state index contributed by atoms with van der Waals surface area (Å²) in [6.45, 7) is 2.43. The van der Waals surface area contributed by atoms with Gasteiger partial charge in [-0.25, -0.2) is 0 Å². The molecular weight excluding hydrogens is 190 g/mol. The number of Topliss-reactive ketones (excluding diaryl/α,β-unsaturated/α-hetero) is 1. The van der Waals surface area contributed by atoms with Crippen LogP contribution in [-0.2, 0) is 6.42 Å². The van der Waals surface area contributed by atoms with E-state index in [0.29, 0.717) is 13.0 Å². The number of carbonyl (C=O) groups excluding carboxylic acids is 1. The summed E-state index contributed by atoms with van der Waals surface area (Å²) >= 11 is 0. The van der Waals surface area contributed by atoms with Gasteiger partial charge in [0.15, 0.2) is 5.78 Å². The van der Waals surface area contributed by atoms with Gasteiger partial charge in [0.25, 0.3) is 0 Å². The molecular formula is C12H17NO2. The van der Waals surface area contributed by atoms with Crippen LogP contribution in [0.1, 0.15) is 29.3 Å². The van der Waals surface area contributed by atoms with E-state index in [0.717, 1.165) is 23.3 Å². The third-order valence-electron chi connectivity index (χ3n) is 2.35. The maximum absolute atomic E-state index is 11.6. The van der Waals surface area contributed by atoms with Crippen LogP contribution in [-0.4, -0.2) is 19.4 Å². The van der Waals surface area contributed by atoms with Crippen molar-refractivity contribution in [2.24, 2.45) is 5.73 Å². The number of rotatable bonds is 5. The molecule has 0 saturated carbocycles. The molecule has 15 heavy (non-hydrogen) atoms. The molecule has 0 saturated heterocycles. The highest BCUT2D eigenvalue weighted by atomic mass is 16.5. The smallest absolute Gasteiger partial charge is 0.164 e. The first-order chi connectivity index (χ1) is 7.22. The van der Waals surface area contributed by atoms with Crippen LogP contribution in [0, 0.1) is 0 Å². The van der Waals surface area contributed by atoms with Crippen molar-refractivity contribution in [1.29, 1.82) is 0 Å². The Bertz CT molecular complexity index is 347. The second kappa shape index (κ2) is 5.51. The third-order valence-corrected chi connectivity index (χ3v) is 2.35. The lowest BCUT2D eigenvalue weighted by molar-refractivity contribution is 0.0985. The average Bonchev–Trinajstić information content (AvgIpc) is 2.28. The minimum absolute atomic E-state index is 0.0925. The summed E-state index contributed by atoms with van der Waals surface area (Å²) in [5, 5.41) is 0. The minimum atomic E-state index is 0.0925. The van der Waals surface area contributed by atoms with Gasteiger partial charge < -0.3 is 10.5 Å². The number of ether oxygens (including phenoxy) is 1. The van der Waals surface area contributed by atoms with Crippen LogP contribution >= 0.6 is 0 Å². The van der Waals surface area contributed by atoms with Crippen LogP contribution in [0.15, 0.2) is 18.2 Å². The highest BCUT2D eigenvalue weighted by molar-refractivity contribution is 5.96. The highest BCUT2D eigenvalue weighted by Gasteiger charge is 2.08. The van der Waals surface area contributed by atoms with Gasteiger partial charge in [-0.1, -0.05) is 6.92 Å². The van der Waals surface area contributed by atoms with Crippen LogP contribution in [0.25, 0.3) is 0 Å². The number of benzene rings is 1. The summed E-state index contributed by atoms with van der Waals surface area (Å²) < 4.78 is 5.19. The molecule has 0 atom stereocenters. The first-order valence-electron chi connectivity index (χ1n) is 5.13. The Balaban J connectivity index is 2.97. The van der Waals surface area contributed by atoms with Crippen molar-refractivity contribution in [3.63, 3.8) is 0 Å². The number of hydrogen-bond acceptors (Lipinski definition) is 3. The van der Waals surface area contributed by atoms with Gasteiger partial charge in [0, 0.05) is 12.0 Å². The molecule has 3 heteroatoms. The van der Waals surface area contributed by atoms with Crippen molar-refractivity contribution < 1.29 is 9.53 Å². The average molecular weight is 207 g/mol. The predicted molar refractivity (Wildman–Crippen MR) is 60.4 cm³/mol. The fraction of sp³-hybridized carbons (Fsp3) is 0.417. The molecule has 0 aromatic heterocycles. The van der Waals surface area contributed by atoms with Crippen molar-refractivity contribution in [1.82, 2.24) is 0 Å². The molecule has 0 aliphatic heterocycles. The number of ketones is 1. The second-order valence-electron chi connectivity index (χ2n) is 3.34. The standard InChI is InChI=1S/C12H17NO2/c1-3-9-8-10(11(14)6-7-13)4-5-12(9)15-2/h4-5,8H,3,6-7,13H2,1-2H3. The highest BCUT2D eigenvalue weighted by Crippen LogP contribution is 2.20. The van der Waals surface area contributed by atoms with E-state index in [1.54, 1.807) is 13.2 Å². The molecule has 0 heterocycles. The largest absolute Gasteiger partial charge is 0.496 e. The summed E-state index contributed by atoms with van der Waals surface area (Å²) in [6, 6.07) is 5.51. The van der Waals surface area contributed by atoms with Gasteiger partial charge in [-0.2, -0.15) is 0 Å². The van der Waals surface area contributed by atoms with E-state index < -0.39 is 0 Å². The lowest BCUT2D eigenvalue weighted by Crippen LogP contribution is -2.08. The van der Waals surface area contributed by atoms with Crippen molar-refractivity contribution >= 4 is 5.78 Å². The van der Waals surface area contributed by atoms with E-state index in [4.69, 9.17) is 10.5 Å². The second-order valence-corrected chi connectivity index (χ2v) is 3.34. The molecule has 0 fully saturated rings. The summed E-state index contributed by atoms with van der Waals surface area (Å²) in [7, 11) is 1.63. The molecule has 0 bridgehead atoms. The molecule has 0 aliphatic carbocycles. The van der Waals surface area contributed by atoms with E-state index in [2.05, 4.69) is 0 Å². The monoisotopic (exact) mass is 207 g/mol. The Morgan fingerprint density at radius 3 is 2.73 bits per heavy atom. The SMILES string of the molecule is CCc1cc(C(=O)CCN)ccc1OC. The van der Waals surface area contributed by atoms with E-state index in [1.165, 1.54) is 0 Å². The van der Waals surface area contributed by atoms with E-state index in [9.17, 15) is 4.79 Å². The molecule has 3 nitrogen and oxygen atoms in total. The molecule has 1 aromatic rings. The Morgan fingerprint density at radius 1 is 1.47 bits per heavy atom. The van der Waals surface area contributed by atoms with Crippen LogP contribution in [0.5, 0.6) is 5.75 Å².